The van der Waals surface area contributed by atoms with Crippen LogP contribution in [-0.2, 0) is 19.9 Å². The minimum Gasteiger partial charge on any atom is -0.323 e. The number of thiophene rings is 1. The number of aromatic nitrogens is 2. The van der Waals surface area contributed by atoms with Gasteiger partial charge in [0.15, 0.2) is 0 Å². The van der Waals surface area contributed by atoms with Gasteiger partial charge in [-0.25, -0.2) is 0 Å². The molecular formula is C13H18BrN3S. The first-order valence-electron chi connectivity index (χ1n) is 6.05. The van der Waals surface area contributed by atoms with Gasteiger partial charge in [-0.2, -0.15) is 5.10 Å². The predicted molar refractivity (Wildman–Crippen MR) is 80.0 cm³/mol. The summed E-state index contributed by atoms with van der Waals surface area (Å²) >= 11 is 5.40. The molecule has 0 saturated heterocycles. The van der Waals surface area contributed by atoms with Crippen LogP contribution in [0.25, 0.3) is 0 Å². The Labute approximate surface area is 120 Å². The van der Waals surface area contributed by atoms with Crippen molar-refractivity contribution in [3.8, 4) is 0 Å². The molecule has 0 aliphatic carbocycles. The van der Waals surface area contributed by atoms with Crippen LogP contribution in [0.15, 0.2) is 16.6 Å². The van der Waals surface area contributed by atoms with E-state index in [9.17, 15) is 0 Å². The molecule has 2 aromatic heterocycles. The number of rotatable bonds is 4. The molecule has 0 saturated carbocycles. The van der Waals surface area contributed by atoms with Crippen molar-refractivity contribution in [2.75, 3.05) is 0 Å². The minimum absolute atomic E-state index is 0.0418. The molecule has 0 aliphatic heterocycles. The number of nitrogens with zero attached hydrogens (tertiary/aromatic N) is 2. The Bertz CT molecular complexity index is 544. The summed E-state index contributed by atoms with van der Waals surface area (Å²) in [5, 5.41) is 4.50. The lowest BCUT2D eigenvalue weighted by Crippen LogP contribution is -2.14. The van der Waals surface area contributed by atoms with Gasteiger partial charge in [-0.15, -0.1) is 11.3 Å². The zero-order chi connectivity index (χ0) is 13.3. The van der Waals surface area contributed by atoms with E-state index in [1.165, 1.54) is 15.4 Å². The van der Waals surface area contributed by atoms with E-state index in [1.807, 2.05) is 11.7 Å². The molecule has 1 unspecified atom stereocenters. The second kappa shape index (κ2) is 5.55. The maximum absolute atomic E-state index is 6.28. The van der Waals surface area contributed by atoms with Crippen molar-refractivity contribution >= 4 is 27.3 Å². The molecule has 0 fully saturated rings. The molecule has 3 nitrogen and oxygen atoms in total. The third-order valence-corrected chi connectivity index (χ3v) is 5.09. The SMILES string of the molecule is CCc1nn(C)c(CC(N)c2ccc(C)s2)c1Br. The van der Waals surface area contributed by atoms with Crippen LogP contribution in [0.1, 0.15) is 34.1 Å². The molecule has 2 heterocycles. The summed E-state index contributed by atoms with van der Waals surface area (Å²) < 4.78 is 3.04. The van der Waals surface area contributed by atoms with E-state index < -0.39 is 0 Å². The summed E-state index contributed by atoms with van der Waals surface area (Å²) in [4.78, 5) is 2.54. The van der Waals surface area contributed by atoms with Crippen LogP contribution in [0.3, 0.4) is 0 Å². The Kier molecular flexibility index (Phi) is 4.25. The Morgan fingerprint density at radius 2 is 2.22 bits per heavy atom. The van der Waals surface area contributed by atoms with Gasteiger partial charge in [-0.3, -0.25) is 4.68 Å². The zero-order valence-electron chi connectivity index (χ0n) is 10.9. The van der Waals surface area contributed by atoms with Gasteiger partial charge in [0, 0.05) is 29.3 Å². The van der Waals surface area contributed by atoms with E-state index in [2.05, 4.69) is 47.0 Å². The van der Waals surface area contributed by atoms with E-state index in [1.54, 1.807) is 11.3 Å². The summed E-state index contributed by atoms with van der Waals surface area (Å²) in [5.41, 5.74) is 8.55. The van der Waals surface area contributed by atoms with E-state index in [-0.39, 0.29) is 6.04 Å². The highest BCUT2D eigenvalue weighted by Crippen LogP contribution is 2.28. The highest BCUT2D eigenvalue weighted by atomic mass is 79.9. The highest BCUT2D eigenvalue weighted by molar-refractivity contribution is 9.10. The van der Waals surface area contributed by atoms with Gasteiger partial charge in [-0.05, 0) is 41.4 Å². The van der Waals surface area contributed by atoms with Crippen molar-refractivity contribution in [2.45, 2.75) is 32.7 Å². The van der Waals surface area contributed by atoms with Gasteiger partial charge in [-0.1, -0.05) is 6.92 Å². The van der Waals surface area contributed by atoms with Crippen molar-refractivity contribution in [3.05, 3.63) is 37.7 Å². The second-order valence-electron chi connectivity index (χ2n) is 4.44. The first kappa shape index (κ1) is 13.8. The van der Waals surface area contributed by atoms with E-state index in [0.717, 1.165) is 23.0 Å². The third-order valence-electron chi connectivity index (χ3n) is 3.04. The fourth-order valence-electron chi connectivity index (χ4n) is 2.00. The first-order valence-corrected chi connectivity index (χ1v) is 7.66. The van der Waals surface area contributed by atoms with Gasteiger partial charge < -0.3 is 5.73 Å². The lowest BCUT2D eigenvalue weighted by molar-refractivity contribution is 0.642. The molecule has 0 radical (unpaired) electrons. The second-order valence-corrected chi connectivity index (χ2v) is 6.56. The molecular weight excluding hydrogens is 310 g/mol. The molecule has 0 aromatic carbocycles. The highest BCUT2D eigenvalue weighted by Gasteiger charge is 2.17. The molecule has 0 amide bonds. The molecule has 0 bridgehead atoms. The van der Waals surface area contributed by atoms with Gasteiger partial charge in [0.25, 0.3) is 0 Å². The lowest BCUT2D eigenvalue weighted by atomic mass is 10.1. The van der Waals surface area contributed by atoms with Crippen molar-refractivity contribution in [3.63, 3.8) is 0 Å². The standard InChI is InChI=1S/C13H18BrN3S/c1-4-10-13(14)11(17(3)16-10)7-9(15)12-6-5-8(2)18-12/h5-6,9H,4,7,15H2,1-3H3. The van der Waals surface area contributed by atoms with Crippen LogP contribution < -0.4 is 5.73 Å². The van der Waals surface area contributed by atoms with E-state index in [4.69, 9.17) is 5.73 Å². The molecule has 1 atom stereocenters. The first-order chi connectivity index (χ1) is 8.52. The van der Waals surface area contributed by atoms with Crippen LogP contribution in [0, 0.1) is 6.92 Å². The number of hydrogen-bond acceptors (Lipinski definition) is 3. The van der Waals surface area contributed by atoms with E-state index >= 15 is 0 Å². The zero-order valence-corrected chi connectivity index (χ0v) is 13.3. The fraction of sp³-hybridized carbons (Fsp3) is 0.462. The molecule has 18 heavy (non-hydrogen) atoms. The predicted octanol–water partition coefficient (Wildman–Crippen LogP) is 3.36. The summed E-state index contributed by atoms with van der Waals surface area (Å²) in [5.74, 6) is 0. The Morgan fingerprint density at radius 1 is 1.50 bits per heavy atom. The van der Waals surface area contributed by atoms with E-state index in [0.29, 0.717) is 0 Å². The average Bonchev–Trinajstić information content (AvgIpc) is 2.87. The van der Waals surface area contributed by atoms with Crippen LogP contribution in [0.4, 0.5) is 0 Å². The van der Waals surface area contributed by atoms with Crippen molar-refractivity contribution in [1.82, 2.24) is 9.78 Å². The number of halogens is 1. The maximum Gasteiger partial charge on any atom is 0.0766 e. The number of nitrogens with two attached hydrogens (primary N) is 1. The summed E-state index contributed by atoms with van der Waals surface area (Å²) in [7, 11) is 1.98. The number of aryl methyl sites for hydroxylation is 3. The van der Waals surface area contributed by atoms with Crippen LogP contribution in [0.5, 0.6) is 0 Å². The Morgan fingerprint density at radius 3 is 2.72 bits per heavy atom. The summed E-state index contributed by atoms with van der Waals surface area (Å²) in [6.07, 6.45) is 1.74. The molecule has 5 heteroatoms. The van der Waals surface area contributed by atoms with Crippen LogP contribution in [0.2, 0.25) is 0 Å². The lowest BCUT2D eigenvalue weighted by Gasteiger charge is -2.10. The van der Waals surface area contributed by atoms with Gasteiger partial charge in [0.2, 0.25) is 0 Å². The van der Waals surface area contributed by atoms with Crippen LogP contribution in [-0.4, -0.2) is 9.78 Å². The number of hydrogen-bond donors (Lipinski definition) is 1. The fourth-order valence-corrected chi connectivity index (χ4v) is 3.66. The van der Waals surface area contributed by atoms with Gasteiger partial charge in [0.1, 0.15) is 0 Å². The Balaban J connectivity index is 2.21. The maximum atomic E-state index is 6.28. The molecule has 98 valence electrons. The molecule has 0 spiro atoms. The normalized spacial score (nSPS) is 12.9. The summed E-state index contributed by atoms with van der Waals surface area (Å²) in [6.45, 7) is 4.22. The van der Waals surface area contributed by atoms with Crippen LogP contribution >= 0.6 is 27.3 Å². The summed E-state index contributed by atoms with van der Waals surface area (Å²) in [6, 6.07) is 4.28. The van der Waals surface area contributed by atoms with Gasteiger partial charge >= 0.3 is 0 Å². The monoisotopic (exact) mass is 327 g/mol. The molecule has 0 aliphatic rings. The van der Waals surface area contributed by atoms with Crippen molar-refractivity contribution < 1.29 is 0 Å². The smallest absolute Gasteiger partial charge is 0.0766 e. The quantitative estimate of drug-likeness (QED) is 0.935. The Hall–Kier alpha value is -0.650. The molecule has 2 N–H and O–H groups in total. The molecule has 2 rings (SSSR count). The topological polar surface area (TPSA) is 43.8 Å². The molecule has 2 aromatic rings. The average molecular weight is 328 g/mol. The largest absolute Gasteiger partial charge is 0.323 e. The minimum atomic E-state index is 0.0418. The van der Waals surface area contributed by atoms with Gasteiger partial charge in [0.05, 0.1) is 15.9 Å². The van der Waals surface area contributed by atoms with Crippen molar-refractivity contribution in [1.29, 1.82) is 0 Å². The van der Waals surface area contributed by atoms with Crippen molar-refractivity contribution in [2.24, 2.45) is 12.8 Å². The third kappa shape index (κ3) is 2.68.